The van der Waals surface area contributed by atoms with E-state index in [0.29, 0.717) is 0 Å². The van der Waals surface area contributed by atoms with E-state index in [4.69, 9.17) is 5.73 Å². The number of hydrogen-bond acceptors (Lipinski definition) is 5. The van der Waals surface area contributed by atoms with Crippen LogP contribution in [0.15, 0.2) is 17.3 Å². The number of carbonyl (C=O) groups excluding carboxylic acids is 1. The van der Waals surface area contributed by atoms with Crippen LogP contribution in [0.4, 0.5) is 0 Å². The first kappa shape index (κ1) is 11.4. The molecule has 0 fully saturated rings. The second-order valence-corrected chi connectivity index (χ2v) is 4.11. The van der Waals surface area contributed by atoms with Crippen LogP contribution in [0.25, 0.3) is 0 Å². The van der Waals surface area contributed by atoms with Crippen LogP contribution in [0.3, 0.4) is 0 Å². The van der Waals surface area contributed by atoms with Crippen molar-refractivity contribution in [3.8, 4) is 0 Å². The highest BCUT2D eigenvalue weighted by Gasteiger charge is 2.30. The Morgan fingerprint density at radius 3 is 2.60 bits per heavy atom. The highest BCUT2D eigenvalue weighted by molar-refractivity contribution is 7.73. The fraction of sp³-hybridized carbons (Fsp3) is 0.375. The van der Waals surface area contributed by atoms with Crippen molar-refractivity contribution >= 4 is 26.9 Å². The number of hydrogen-bond donors (Lipinski definition) is 1. The summed E-state index contributed by atoms with van der Waals surface area (Å²) in [6.45, 7) is 0. The monoisotopic (exact) mass is 229 g/mol. The van der Waals surface area contributed by atoms with Crippen LogP contribution in [0, 0.1) is 5.92 Å². The first-order chi connectivity index (χ1) is 6.95. The predicted molar refractivity (Wildman–Crippen MR) is 56.9 cm³/mol. The lowest BCUT2D eigenvalue weighted by atomic mass is 10.0. The van der Waals surface area contributed by atoms with Gasteiger partial charge >= 0.3 is 0 Å². The maximum absolute atomic E-state index is 11.7. The van der Waals surface area contributed by atoms with Gasteiger partial charge in [0, 0.05) is 20.3 Å². The Labute approximate surface area is 88.6 Å². The number of allylic oxidation sites excluding steroid dienone is 1. The molecule has 0 bridgehead atoms. The lowest BCUT2D eigenvalue weighted by molar-refractivity contribution is -0.129. The quantitative estimate of drug-likeness (QED) is 0.561. The number of amides is 1. The average molecular weight is 229 g/mol. The number of aliphatic imine (C=N–C) groups is 1. The molecule has 0 aromatic rings. The van der Waals surface area contributed by atoms with E-state index in [0.717, 1.165) is 0 Å². The van der Waals surface area contributed by atoms with E-state index in [1.54, 1.807) is 0 Å². The zero-order valence-electron chi connectivity index (χ0n) is 8.34. The highest BCUT2D eigenvalue weighted by atomic mass is 32.2. The summed E-state index contributed by atoms with van der Waals surface area (Å²) in [5.41, 5.74) is 5.50. The highest BCUT2D eigenvalue weighted by Crippen LogP contribution is 2.09. The first-order valence-electron chi connectivity index (χ1n) is 4.12. The summed E-state index contributed by atoms with van der Waals surface area (Å²) in [4.78, 5) is 16.6. The molecule has 0 saturated heterocycles. The van der Waals surface area contributed by atoms with Gasteiger partial charge in [-0.05, 0) is 6.08 Å². The van der Waals surface area contributed by atoms with Crippen molar-refractivity contribution in [2.45, 2.75) is 0 Å². The molecule has 7 heteroatoms. The van der Waals surface area contributed by atoms with E-state index in [1.807, 2.05) is 0 Å². The third kappa shape index (κ3) is 2.24. The van der Waals surface area contributed by atoms with E-state index in [9.17, 15) is 13.2 Å². The molecular weight excluding hydrogens is 218 g/mol. The number of rotatable bonds is 1. The smallest absolute Gasteiger partial charge is 0.238 e. The van der Waals surface area contributed by atoms with Gasteiger partial charge in [0.05, 0.1) is 4.86 Å². The summed E-state index contributed by atoms with van der Waals surface area (Å²) in [7, 11) is 0.586. The predicted octanol–water partition coefficient (Wildman–Crippen LogP) is -1.37. The molecule has 1 unspecified atom stereocenters. The van der Waals surface area contributed by atoms with Crippen molar-refractivity contribution in [2.75, 3.05) is 14.1 Å². The number of carbonyl (C=O) groups is 1. The molecule has 2 N–H and O–H groups in total. The summed E-state index contributed by atoms with van der Waals surface area (Å²) < 4.78 is 21.7. The van der Waals surface area contributed by atoms with Gasteiger partial charge in [0.1, 0.15) is 11.8 Å². The number of nitrogens with two attached hydrogens (primary N) is 1. The molecule has 1 atom stereocenters. The van der Waals surface area contributed by atoms with Gasteiger partial charge in [0.25, 0.3) is 0 Å². The van der Waals surface area contributed by atoms with Gasteiger partial charge in [0.15, 0.2) is 0 Å². The van der Waals surface area contributed by atoms with Gasteiger partial charge in [-0.25, -0.2) is 4.99 Å². The first-order valence-corrected chi connectivity index (χ1v) is 5.19. The molecule has 1 amide bonds. The number of nitrogens with zero attached hydrogens (tertiary/aromatic N) is 2. The largest absolute Gasteiger partial charge is 0.386 e. The molecule has 1 heterocycles. The van der Waals surface area contributed by atoms with Crippen LogP contribution in [0.5, 0.6) is 0 Å². The third-order valence-electron chi connectivity index (χ3n) is 1.92. The molecule has 15 heavy (non-hydrogen) atoms. The van der Waals surface area contributed by atoms with Gasteiger partial charge in [-0.2, -0.15) is 8.42 Å². The van der Waals surface area contributed by atoms with E-state index < -0.39 is 22.1 Å². The van der Waals surface area contributed by atoms with Crippen molar-refractivity contribution in [1.82, 2.24) is 4.90 Å². The standard InChI is InChI=1S/C8H11N3O3S/c1-11(2)8(12)6-5(15(13)14)3-4-10-7(6)9/h3-4,6H,1-2H3,(H2,9,10). The van der Waals surface area contributed by atoms with Crippen LogP contribution >= 0.6 is 0 Å². The maximum atomic E-state index is 11.7. The summed E-state index contributed by atoms with van der Waals surface area (Å²) in [5, 5.41) is 0. The molecule has 0 aromatic heterocycles. The average Bonchev–Trinajstić information content (AvgIpc) is 2.16. The van der Waals surface area contributed by atoms with Crippen LogP contribution < -0.4 is 5.73 Å². The van der Waals surface area contributed by atoms with Crippen LogP contribution in [0.2, 0.25) is 0 Å². The van der Waals surface area contributed by atoms with Crippen molar-refractivity contribution in [2.24, 2.45) is 16.6 Å². The Bertz CT molecular complexity index is 465. The summed E-state index contributed by atoms with van der Waals surface area (Å²) in [6.07, 6.45) is 2.53. The Morgan fingerprint density at radius 1 is 1.53 bits per heavy atom. The van der Waals surface area contributed by atoms with Gasteiger partial charge in [-0.1, -0.05) is 0 Å². The SMILES string of the molecule is CN(C)C(=O)C1C(N)=NC=CC1=S(=O)=O. The second-order valence-electron chi connectivity index (χ2n) is 3.17. The fourth-order valence-corrected chi connectivity index (χ4v) is 1.76. The zero-order chi connectivity index (χ0) is 11.6. The lowest BCUT2D eigenvalue weighted by Gasteiger charge is -2.20. The summed E-state index contributed by atoms with van der Waals surface area (Å²) in [5.74, 6) is -1.40. The molecule has 0 radical (unpaired) electrons. The molecule has 1 aliphatic heterocycles. The molecule has 1 aliphatic rings. The number of amidine groups is 1. The van der Waals surface area contributed by atoms with Crippen LogP contribution in [-0.2, 0) is 15.1 Å². The van der Waals surface area contributed by atoms with E-state index >= 15 is 0 Å². The lowest BCUT2D eigenvalue weighted by Crippen LogP contribution is -2.43. The summed E-state index contributed by atoms with van der Waals surface area (Å²) >= 11 is 0. The van der Waals surface area contributed by atoms with Crippen LogP contribution in [0.1, 0.15) is 0 Å². The summed E-state index contributed by atoms with van der Waals surface area (Å²) in [6, 6.07) is 0. The molecule has 0 aromatic carbocycles. The Hall–Kier alpha value is -1.63. The molecule has 0 saturated carbocycles. The Morgan fingerprint density at radius 2 is 2.13 bits per heavy atom. The molecular formula is C8H11N3O3S. The molecule has 0 spiro atoms. The minimum atomic E-state index is -2.47. The minimum absolute atomic E-state index is 0.00426. The molecule has 6 nitrogen and oxygen atoms in total. The van der Waals surface area contributed by atoms with E-state index in [2.05, 4.69) is 4.99 Å². The van der Waals surface area contributed by atoms with E-state index in [-0.39, 0.29) is 10.7 Å². The minimum Gasteiger partial charge on any atom is -0.386 e. The molecule has 0 aliphatic carbocycles. The van der Waals surface area contributed by atoms with E-state index in [1.165, 1.54) is 31.3 Å². The van der Waals surface area contributed by atoms with Gasteiger partial charge in [-0.15, -0.1) is 0 Å². The van der Waals surface area contributed by atoms with Crippen molar-refractivity contribution < 1.29 is 13.2 Å². The maximum Gasteiger partial charge on any atom is 0.238 e. The van der Waals surface area contributed by atoms with Crippen molar-refractivity contribution in [1.29, 1.82) is 0 Å². The van der Waals surface area contributed by atoms with Gasteiger partial charge in [0.2, 0.25) is 16.2 Å². The second kappa shape index (κ2) is 4.26. The van der Waals surface area contributed by atoms with Gasteiger partial charge in [-0.3, -0.25) is 4.79 Å². The molecule has 1 rings (SSSR count). The zero-order valence-corrected chi connectivity index (χ0v) is 9.15. The topological polar surface area (TPSA) is 92.8 Å². The van der Waals surface area contributed by atoms with Gasteiger partial charge < -0.3 is 10.6 Å². The molecule has 82 valence electrons. The fourth-order valence-electron chi connectivity index (χ4n) is 1.17. The normalized spacial score (nSPS) is 19.7. The Kier molecular flexibility index (Phi) is 3.25. The van der Waals surface area contributed by atoms with Crippen molar-refractivity contribution in [3.63, 3.8) is 0 Å². The van der Waals surface area contributed by atoms with Crippen molar-refractivity contribution in [3.05, 3.63) is 12.3 Å². The third-order valence-corrected chi connectivity index (χ3v) is 2.68. The van der Waals surface area contributed by atoms with Crippen LogP contribution in [-0.4, -0.2) is 44.0 Å². The Balaban J connectivity index is 3.25.